The Balaban J connectivity index is 0.00000392. The zero-order chi connectivity index (χ0) is 19.9. The Labute approximate surface area is 177 Å². The van der Waals surface area contributed by atoms with E-state index >= 15 is 0 Å². The van der Waals surface area contributed by atoms with Crippen molar-refractivity contribution in [2.24, 2.45) is 4.99 Å². The lowest BCUT2D eigenvalue weighted by atomic mass is 10.1. The number of anilines is 1. The standard InChI is InChI=1S/C17H20F4N6.HI/c1-11-9-12(3-4-13(11)18)10-26-15(22-2)24-7-8-25-16-23-6-5-14(27-16)17(19,20)21;/h3-6,9H,7-8,10H2,1-2H3,(H2,22,24,26)(H,23,25,27);1H. The molecule has 0 amide bonds. The third-order valence-corrected chi connectivity index (χ3v) is 3.55. The molecule has 0 unspecified atom stereocenters. The summed E-state index contributed by atoms with van der Waals surface area (Å²) in [5.41, 5.74) is 0.454. The maximum atomic E-state index is 13.3. The van der Waals surface area contributed by atoms with Gasteiger partial charge >= 0.3 is 6.18 Å². The van der Waals surface area contributed by atoms with Crippen LogP contribution in [0, 0.1) is 12.7 Å². The fourth-order valence-corrected chi connectivity index (χ4v) is 2.18. The fraction of sp³-hybridized carbons (Fsp3) is 0.353. The van der Waals surface area contributed by atoms with Gasteiger partial charge in [-0.15, -0.1) is 24.0 Å². The van der Waals surface area contributed by atoms with Crippen LogP contribution in [0.4, 0.5) is 23.5 Å². The van der Waals surface area contributed by atoms with Gasteiger partial charge in [0, 0.05) is 32.9 Å². The highest BCUT2D eigenvalue weighted by atomic mass is 127. The van der Waals surface area contributed by atoms with E-state index in [1.165, 1.54) is 6.07 Å². The molecule has 0 saturated carbocycles. The van der Waals surface area contributed by atoms with Gasteiger partial charge in [-0.2, -0.15) is 13.2 Å². The first-order chi connectivity index (χ1) is 12.8. The number of benzene rings is 1. The summed E-state index contributed by atoms with van der Waals surface area (Å²) < 4.78 is 51.1. The van der Waals surface area contributed by atoms with Crippen molar-refractivity contribution in [3.63, 3.8) is 0 Å². The number of aryl methyl sites for hydroxylation is 1. The molecule has 6 nitrogen and oxygen atoms in total. The van der Waals surface area contributed by atoms with Crippen LogP contribution < -0.4 is 16.0 Å². The van der Waals surface area contributed by atoms with Gasteiger partial charge in [0.1, 0.15) is 11.5 Å². The molecule has 0 aliphatic rings. The summed E-state index contributed by atoms with van der Waals surface area (Å²) in [4.78, 5) is 11.2. The lowest BCUT2D eigenvalue weighted by Gasteiger charge is -2.13. The fourth-order valence-electron chi connectivity index (χ4n) is 2.18. The van der Waals surface area contributed by atoms with Crippen molar-refractivity contribution < 1.29 is 17.6 Å². The second-order valence-corrected chi connectivity index (χ2v) is 5.63. The average molecular weight is 512 g/mol. The number of halogens is 5. The smallest absolute Gasteiger partial charge is 0.355 e. The monoisotopic (exact) mass is 512 g/mol. The van der Waals surface area contributed by atoms with Crippen molar-refractivity contribution in [1.82, 2.24) is 20.6 Å². The third kappa shape index (κ3) is 7.44. The van der Waals surface area contributed by atoms with E-state index in [0.717, 1.165) is 17.8 Å². The number of aromatic nitrogens is 2. The molecule has 0 spiro atoms. The van der Waals surface area contributed by atoms with Crippen molar-refractivity contribution in [2.75, 3.05) is 25.5 Å². The summed E-state index contributed by atoms with van der Waals surface area (Å²) in [6, 6.07) is 5.63. The molecule has 2 rings (SSSR count). The van der Waals surface area contributed by atoms with Crippen LogP contribution in [0.5, 0.6) is 0 Å². The van der Waals surface area contributed by atoms with Gasteiger partial charge in [-0.05, 0) is 30.2 Å². The van der Waals surface area contributed by atoms with E-state index in [2.05, 4.69) is 30.9 Å². The topological polar surface area (TPSA) is 74.2 Å². The molecule has 1 aromatic heterocycles. The van der Waals surface area contributed by atoms with Crippen molar-refractivity contribution in [1.29, 1.82) is 0 Å². The van der Waals surface area contributed by atoms with Crippen LogP contribution in [0.25, 0.3) is 0 Å². The maximum Gasteiger partial charge on any atom is 0.433 e. The first-order valence-electron chi connectivity index (χ1n) is 8.13. The molecule has 0 radical (unpaired) electrons. The Bertz CT molecular complexity index is 797. The normalized spacial score (nSPS) is 11.6. The molecule has 0 fully saturated rings. The minimum atomic E-state index is -4.51. The Morgan fingerprint density at radius 2 is 1.89 bits per heavy atom. The highest BCUT2D eigenvalue weighted by Crippen LogP contribution is 2.27. The first kappa shape index (κ1) is 23.9. The number of guanidine groups is 1. The van der Waals surface area contributed by atoms with Gasteiger partial charge in [-0.1, -0.05) is 12.1 Å². The number of nitrogens with zero attached hydrogens (tertiary/aromatic N) is 3. The zero-order valence-electron chi connectivity index (χ0n) is 15.3. The van der Waals surface area contributed by atoms with Gasteiger partial charge in [0.2, 0.25) is 5.95 Å². The van der Waals surface area contributed by atoms with Gasteiger partial charge in [0.15, 0.2) is 5.96 Å². The van der Waals surface area contributed by atoms with Crippen LogP contribution in [0.3, 0.4) is 0 Å². The summed E-state index contributed by atoms with van der Waals surface area (Å²) in [5.74, 6) is 0.143. The van der Waals surface area contributed by atoms with Crippen molar-refractivity contribution >= 4 is 35.9 Å². The summed E-state index contributed by atoms with van der Waals surface area (Å²) in [6.07, 6.45) is -3.46. The molecule has 154 valence electrons. The lowest BCUT2D eigenvalue weighted by Crippen LogP contribution is -2.39. The van der Waals surface area contributed by atoms with Crippen LogP contribution in [-0.4, -0.2) is 36.1 Å². The number of nitrogens with one attached hydrogen (secondary N) is 3. The molecular weight excluding hydrogens is 491 g/mol. The van der Waals surface area contributed by atoms with Crippen LogP contribution in [0.2, 0.25) is 0 Å². The van der Waals surface area contributed by atoms with Crippen LogP contribution in [0.1, 0.15) is 16.8 Å². The minimum absolute atomic E-state index is 0. The molecule has 28 heavy (non-hydrogen) atoms. The minimum Gasteiger partial charge on any atom is -0.355 e. The van der Waals surface area contributed by atoms with E-state index in [-0.39, 0.29) is 42.3 Å². The van der Waals surface area contributed by atoms with Crippen LogP contribution in [0.15, 0.2) is 35.5 Å². The van der Waals surface area contributed by atoms with Crippen LogP contribution in [-0.2, 0) is 12.7 Å². The Kier molecular flexibility index (Phi) is 9.35. The quantitative estimate of drug-likeness (QED) is 0.182. The second kappa shape index (κ2) is 11.0. The SMILES string of the molecule is CN=C(NCCNc1nccc(C(F)(F)F)n1)NCc1ccc(F)c(C)c1.I. The first-order valence-corrected chi connectivity index (χ1v) is 8.13. The average Bonchev–Trinajstić information content (AvgIpc) is 2.63. The zero-order valence-corrected chi connectivity index (χ0v) is 17.6. The molecular formula is C17H21F4IN6. The Morgan fingerprint density at radius 3 is 2.54 bits per heavy atom. The van der Waals surface area contributed by atoms with E-state index in [0.29, 0.717) is 24.6 Å². The van der Waals surface area contributed by atoms with Gasteiger partial charge in [-0.3, -0.25) is 4.99 Å². The molecule has 0 aliphatic heterocycles. The van der Waals surface area contributed by atoms with Crippen molar-refractivity contribution in [3.8, 4) is 0 Å². The second-order valence-electron chi connectivity index (χ2n) is 5.63. The molecule has 0 bridgehead atoms. The van der Waals surface area contributed by atoms with E-state index in [9.17, 15) is 17.6 Å². The molecule has 0 atom stereocenters. The highest BCUT2D eigenvalue weighted by molar-refractivity contribution is 14.0. The number of alkyl halides is 3. The van der Waals surface area contributed by atoms with Gasteiger partial charge in [0.05, 0.1) is 0 Å². The third-order valence-electron chi connectivity index (χ3n) is 3.55. The van der Waals surface area contributed by atoms with Gasteiger partial charge < -0.3 is 16.0 Å². The summed E-state index contributed by atoms with van der Waals surface area (Å²) in [5, 5.41) is 8.79. The molecule has 11 heteroatoms. The Morgan fingerprint density at radius 1 is 1.14 bits per heavy atom. The molecule has 2 aromatic rings. The molecule has 0 saturated heterocycles. The number of aliphatic imine (C=N–C) groups is 1. The molecule has 0 aliphatic carbocycles. The lowest BCUT2D eigenvalue weighted by molar-refractivity contribution is -0.141. The number of hydrogen-bond acceptors (Lipinski definition) is 4. The largest absolute Gasteiger partial charge is 0.433 e. The number of hydrogen-bond donors (Lipinski definition) is 3. The van der Waals surface area contributed by atoms with E-state index in [1.54, 1.807) is 26.1 Å². The molecule has 1 aromatic carbocycles. The number of rotatable bonds is 6. The van der Waals surface area contributed by atoms with E-state index in [1.807, 2.05) is 0 Å². The predicted molar refractivity (Wildman–Crippen MR) is 110 cm³/mol. The maximum absolute atomic E-state index is 13.3. The Hall–Kier alpha value is -2.18. The highest BCUT2D eigenvalue weighted by Gasteiger charge is 2.32. The summed E-state index contributed by atoms with van der Waals surface area (Å²) in [7, 11) is 1.59. The molecule has 3 N–H and O–H groups in total. The van der Waals surface area contributed by atoms with Crippen molar-refractivity contribution in [2.45, 2.75) is 19.6 Å². The van der Waals surface area contributed by atoms with E-state index < -0.39 is 11.9 Å². The van der Waals surface area contributed by atoms with E-state index in [4.69, 9.17) is 0 Å². The van der Waals surface area contributed by atoms with Gasteiger partial charge in [0.25, 0.3) is 0 Å². The van der Waals surface area contributed by atoms with Gasteiger partial charge in [-0.25, -0.2) is 14.4 Å². The molecule has 1 heterocycles. The van der Waals surface area contributed by atoms with Crippen LogP contribution >= 0.6 is 24.0 Å². The van der Waals surface area contributed by atoms with Crippen molar-refractivity contribution in [3.05, 3.63) is 53.1 Å². The summed E-state index contributed by atoms with van der Waals surface area (Å²) >= 11 is 0. The summed E-state index contributed by atoms with van der Waals surface area (Å²) in [6.45, 7) is 2.80. The predicted octanol–water partition coefficient (Wildman–Crippen LogP) is 3.34.